The van der Waals surface area contributed by atoms with Gasteiger partial charge in [-0.1, -0.05) is 0 Å². The van der Waals surface area contributed by atoms with E-state index >= 15 is 0 Å². The summed E-state index contributed by atoms with van der Waals surface area (Å²) < 4.78 is 47.0. The first-order valence-corrected chi connectivity index (χ1v) is 4.58. The van der Waals surface area contributed by atoms with E-state index in [9.17, 15) is 18.3 Å². The minimum absolute atomic E-state index is 0.174. The van der Waals surface area contributed by atoms with E-state index in [4.69, 9.17) is 15.2 Å². The van der Waals surface area contributed by atoms with Crippen molar-refractivity contribution in [1.82, 2.24) is 0 Å². The molecule has 3 N–H and O–H groups in total. The summed E-state index contributed by atoms with van der Waals surface area (Å²) in [5.41, 5.74) is 4.52. The highest BCUT2D eigenvalue weighted by molar-refractivity contribution is 5.51. The molecule has 0 aromatic heterocycles. The molecule has 4 nitrogen and oxygen atoms in total. The number of phenols is 1. The second-order valence-corrected chi connectivity index (χ2v) is 3.28. The number of nitrogens with two attached hydrogens (primary N) is 1. The van der Waals surface area contributed by atoms with Gasteiger partial charge >= 0.3 is 6.18 Å². The summed E-state index contributed by atoms with van der Waals surface area (Å²) in [6.07, 6.45) is -4.67. The Labute approximate surface area is 95.7 Å². The fourth-order valence-electron chi connectivity index (χ4n) is 1.35. The van der Waals surface area contributed by atoms with E-state index in [1.165, 1.54) is 20.3 Å². The fourth-order valence-corrected chi connectivity index (χ4v) is 1.35. The lowest BCUT2D eigenvalue weighted by Gasteiger charge is -2.20. The third kappa shape index (κ3) is 2.73. The highest BCUT2D eigenvalue weighted by atomic mass is 19.4. The zero-order valence-electron chi connectivity index (χ0n) is 9.21. The molecule has 0 aliphatic rings. The first-order chi connectivity index (χ1) is 7.81. The summed E-state index contributed by atoms with van der Waals surface area (Å²) in [6, 6.07) is -0.0484. The summed E-state index contributed by atoms with van der Waals surface area (Å²) in [6.45, 7) is 0. The molecule has 0 amide bonds. The molecule has 0 aliphatic carbocycles. The molecule has 96 valence electrons. The highest BCUT2D eigenvalue weighted by Gasteiger charge is 2.41. The van der Waals surface area contributed by atoms with Crippen LogP contribution in [0.1, 0.15) is 11.6 Å². The second-order valence-electron chi connectivity index (χ2n) is 3.28. The Kier molecular flexibility index (Phi) is 3.72. The topological polar surface area (TPSA) is 64.7 Å². The standard InChI is InChI=1S/C10H12F3NO3/c1-16-5-3-6(15)8(7(4-5)17-2)9(14)10(11,12)13/h3-4,9,15H,14H2,1-2H3/t9-/m1/s1. The number of alkyl halides is 3. The van der Waals surface area contributed by atoms with E-state index in [0.29, 0.717) is 0 Å². The van der Waals surface area contributed by atoms with Crippen LogP contribution in [-0.2, 0) is 0 Å². The molecule has 0 heterocycles. The van der Waals surface area contributed by atoms with Crippen LogP contribution in [0, 0.1) is 0 Å². The molecule has 1 aromatic carbocycles. The van der Waals surface area contributed by atoms with Gasteiger partial charge in [-0.15, -0.1) is 0 Å². The van der Waals surface area contributed by atoms with Gasteiger partial charge in [-0.2, -0.15) is 13.2 Å². The monoisotopic (exact) mass is 251 g/mol. The first kappa shape index (κ1) is 13.4. The van der Waals surface area contributed by atoms with Gasteiger partial charge in [0.2, 0.25) is 0 Å². The van der Waals surface area contributed by atoms with Crippen LogP contribution >= 0.6 is 0 Å². The molecule has 0 spiro atoms. The van der Waals surface area contributed by atoms with Crippen molar-refractivity contribution in [3.63, 3.8) is 0 Å². The van der Waals surface area contributed by atoms with E-state index in [1.807, 2.05) is 0 Å². The van der Waals surface area contributed by atoms with Gasteiger partial charge in [0.25, 0.3) is 0 Å². The molecule has 0 radical (unpaired) electrons. The third-order valence-electron chi connectivity index (χ3n) is 2.21. The van der Waals surface area contributed by atoms with Gasteiger partial charge in [-0.3, -0.25) is 0 Å². The van der Waals surface area contributed by atoms with Crippen molar-refractivity contribution in [3.8, 4) is 17.2 Å². The summed E-state index contributed by atoms with van der Waals surface area (Å²) in [4.78, 5) is 0. The smallest absolute Gasteiger partial charge is 0.407 e. The molecule has 0 saturated carbocycles. The minimum Gasteiger partial charge on any atom is -0.507 e. The summed E-state index contributed by atoms with van der Waals surface area (Å²) in [5.74, 6) is -0.616. The zero-order chi connectivity index (χ0) is 13.2. The van der Waals surface area contributed by atoms with Crippen LogP contribution in [0.25, 0.3) is 0 Å². The Bertz CT molecular complexity index is 407. The molecular weight excluding hydrogens is 239 g/mol. The highest BCUT2D eigenvalue weighted by Crippen LogP contribution is 2.42. The van der Waals surface area contributed by atoms with Crippen LogP contribution in [0.15, 0.2) is 12.1 Å². The summed E-state index contributed by atoms with van der Waals surface area (Å²) in [7, 11) is 2.50. The molecule has 1 rings (SSSR count). The number of methoxy groups -OCH3 is 2. The average Bonchev–Trinajstić information content (AvgIpc) is 2.25. The van der Waals surface area contributed by atoms with Crippen LogP contribution in [-0.4, -0.2) is 25.5 Å². The molecule has 0 saturated heterocycles. The fraction of sp³-hybridized carbons (Fsp3) is 0.400. The third-order valence-corrected chi connectivity index (χ3v) is 2.21. The number of halogens is 3. The van der Waals surface area contributed by atoms with Crippen molar-refractivity contribution in [1.29, 1.82) is 0 Å². The number of benzene rings is 1. The van der Waals surface area contributed by atoms with Crippen LogP contribution < -0.4 is 15.2 Å². The zero-order valence-corrected chi connectivity index (χ0v) is 9.21. The predicted molar refractivity (Wildman–Crippen MR) is 54.2 cm³/mol. The van der Waals surface area contributed by atoms with Crippen LogP contribution in [0.2, 0.25) is 0 Å². The molecule has 0 aliphatic heterocycles. The summed E-state index contributed by atoms with van der Waals surface area (Å²) in [5, 5.41) is 9.53. The Morgan fingerprint density at radius 1 is 1.24 bits per heavy atom. The molecule has 17 heavy (non-hydrogen) atoms. The molecule has 1 aromatic rings. The van der Waals surface area contributed by atoms with Gasteiger partial charge in [-0.25, -0.2) is 0 Å². The molecule has 1 atom stereocenters. The van der Waals surface area contributed by atoms with Crippen LogP contribution in [0.3, 0.4) is 0 Å². The number of phenolic OH excluding ortho intramolecular Hbond substituents is 1. The number of ether oxygens (including phenoxy) is 2. The maximum Gasteiger partial charge on any atom is 0.407 e. The average molecular weight is 251 g/mol. The molecule has 0 bridgehead atoms. The van der Waals surface area contributed by atoms with Gasteiger partial charge in [0.1, 0.15) is 23.3 Å². The van der Waals surface area contributed by atoms with E-state index in [-0.39, 0.29) is 11.5 Å². The van der Waals surface area contributed by atoms with Crippen molar-refractivity contribution in [2.75, 3.05) is 14.2 Å². The first-order valence-electron chi connectivity index (χ1n) is 4.58. The number of aromatic hydroxyl groups is 1. The van der Waals surface area contributed by atoms with Crippen LogP contribution in [0.5, 0.6) is 17.2 Å². The lowest BCUT2D eigenvalue weighted by Crippen LogP contribution is -2.29. The maximum absolute atomic E-state index is 12.5. The van der Waals surface area contributed by atoms with E-state index in [2.05, 4.69) is 0 Å². The number of hydrogen-bond donors (Lipinski definition) is 2. The van der Waals surface area contributed by atoms with Gasteiger partial charge in [-0.05, 0) is 0 Å². The maximum atomic E-state index is 12.5. The van der Waals surface area contributed by atoms with Crippen molar-refractivity contribution < 1.29 is 27.8 Å². The lowest BCUT2D eigenvalue weighted by molar-refractivity contribution is -0.149. The van der Waals surface area contributed by atoms with Gasteiger partial charge in [0.05, 0.1) is 19.8 Å². The SMILES string of the molecule is COc1cc(O)c([C@@H](N)C(F)(F)F)c(OC)c1. The normalized spacial score (nSPS) is 13.3. The quantitative estimate of drug-likeness (QED) is 0.862. The van der Waals surface area contributed by atoms with Gasteiger partial charge < -0.3 is 20.3 Å². The molecular formula is C10H12F3NO3. The van der Waals surface area contributed by atoms with Crippen LogP contribution in [0.4, 0.5) is 13.2 Å². The Morgan fingerprint density at radius 3 is 2.24 bits per heavy atom. The largest absolute Gasteiger partial charge is 0.507 e. The van der Waals surface area contributed by atoms with Crippen molar-refractivity contribution in [2.45, 2.75) is 12.2 Å². The Balaban J connectivity index is 3.32. The molecule has 7 heteroatoms. The Morgan fingerprint density at radius 2 is 1.82 bits per heavy atom. The number of hydrogen-bond acceptors (Lipinski definition) is 4. The van der Waals surface area contributed by atoms with Crippen molar-refractivity contribution in [3.05, 3.63) is 17.7 Å². The van der Waals surface area contributed by atoms with Gasteiger partial charge in [0.15, 0.2) is 0 Å². The Hall–Kier alpha value is -1.63. The predicted octanol–water partition coefficient (Wildman–Crippen LogP) is 1.97. The van der Waals surface area contributed by atoms with E-state index in [0.717, 1.165) is 6.07 Å². The van der Waals surface area contributed by atoms with E-state index < -0.39 is 23.5 Å². The van der Waals surface area contributed by atoms with E-state index in [1.54, 1.807) is 0 Å². The lowest BCUT2D eigenvalue weighted by atomic mass is 10.0. The molecule has 0 fully saturated rings. The minimum atomic E-state index is -4.67. The van der Waals surface area contributed by atoms with Gasteiger partial charge in [0, 0.05) is 12.1 Å². The van der Waals surface area contributed by atoms with Crippen molar-refractivity contribution >= 4 is 0 Å². The van der Waals surface area contributed by atoms with Crippen molar-refractivity contribution in [2.24, 2.45) is 5.73 Å². The second kappa shape index (κ2) is 4.70. The number of rotatable bonds is 3. The summed E-state index contributed by atoms with van der Waals surface area (Å²) >= 11 is 0. The molecule has 0 unspecified atom stereocenters.